The molecular weight excluding hydrogens is 299 g/mol. The topological polar surface area (TPSA) is 20.2 Å². The van der Waals surface area contributed by atoms with Gasteiger partial charge in [0.2, 0.25) is 0 Å². The molecule has 0 spiro atoms. The minimum absolute atomic E-state index is 0.237. The molecule has 24 heavy (non-hydrogen) atoms. The first-order valence-corrected chi connectivity index (χ1v) is 8.91. The first kappa shape index (κ1) is 18.7. The van der Waals surface area contributed by atoms with E-state index < -0.39 is 6.10 Å². The van der Waals surface area contributed by atoms with Gasteiger partial charge in [-0.05, 0) is 70.7 Å². The van der Waals surface area contributed by atoms with Gasteiger partial charge in [-0.2, -0.15) is 0 Å². The molecule has 2 aromatic carbocycles. The third-order valence-electron chi connectivity index (χ3n) is 4.69. The summed E-state index contributed by atoms with van der Waals surface area (Å²) in [6, 6.07) is 8.91. The molecule has 130 valence electrons. The first-order chi connectivity index (χ1) is 11.3. The van der Waals surface area contributed by atoms with Crippen molar-refractivity contribution < 1.29 is 9.50 Å². The Kier molecular flexibility index (Phi) is 5.82. The van der Waals surface area contributed by atoms with E-state index >= 15 is 0 Å². The maximum absolute atomic E-state index is 13.4. The van der Waals surface area contributed by atoms with Crippen LogP contribution in [0, 0.1) is 5.82 Å². The molecule has 2 heteroatoms. The zero-order chi connectivity index (χ0) is 18.0. The number of aliphatic hydroxyl groups is 1. The number of aliphatic hydroxyl groups excluding tert-OH is 1. The molecule has 0 heterocycles. The molecule has 0 bridgehead atoms. The van der Waals surface area contributed by atoms with E-state index in [-0.39, 0.29) is 5.82 Å². The molecule has 2 rings (SSSR count). The van der Waals surface area contributed by atoms with Crippen molar-refractivity contribution in [3.8, 4) is 11.1 Å². The van der Waals surface area contributed by atoms with Gasteiger partial charge in [0, 0.05) is 0 Å². The molecule has 0 saturated carbocycles. The molecule has 1 N–H and O–H groups in total. The predicted octanol–water partition coefficient (Wildman–Crippen LogP) is 6.36. The van der Waals surface area contributed by atoms with Crippen molar-refractivity contribution in [2.45, 2.75) is 65.9 Å². The Bertz CT molecular complexity index is 697. The Balaban J connectivity index is 2.92. The number of halogens is 1. The summed E-state index contributed by atoms with van der Waals surface area (Å²) in [7, 11) is 0. The Morgan fingerprint density at radius 3 is 1.88 bits per heavy atom. The SMILES string of the molecule is CCc1c(C(C)C)cc(C(C)C)c(C(C)O)c1-c1ccc(F)cc1. The molecule has 2 aromatic rings. The lowest BCUT2D eigenvalue weighted by molar-refractivity contribution is 0.198. The number of hydrogen-bond acceptors (Lipinski definition) is 1. The zero-order valence-corrected chi connectivity index (χ0v) is 15.7. The molecule has 0 aliphatic heterocycles. The van der Waals surface area contributed by atoms with Gasteiger partial charge in [0.15, 0.2) is 0 Å². The fourth-order valence-electron chi connectivity index (χ4n) is 3.55. The fraction of sp³-hybridized carbons (Fsp3) is 0.455. The zero-order valence-electron chi connectivity index (χ0n) is 15.7. The van der Waals surface area contributed by atoms with E-state index in [9.17, 15) is 9.50 Å². The van der Waals surface area contributed by atoms with Crippen molar-refractivity contribution in [3.63, 3.8) is 0 Å². The van der Waals surface area contributed by atoms with Gasteiger partial charge in [-0.3, -0.25) is 0 Å². The quantitative estimate of drug-likeness (QED) is 0.677. The van der Waals surface area contributed by atoms with Crippen LogP contribution in [-0.2, 0) is 6.42 Å². The molecule has 0 amide bonds. The van der Waals surface area contributed by atoms with Crippen LogP contribution in [0.5, 0.6) is 0 Å². The van der Waals surface area contributed by atoms with Crippen LogP contribution in [0.2, 0.25) is 0 Å². The fourth-order valence-corrected chi connectivity index (χ4v) is 3.55. The molecule has 0 radical (unpaired) electrons. The Morgan fingerprint density at radius 2 is 1.46 bits per heavy atom. The van der Waals surface area contributed by atoms with E-state index in [1.54, 1.807) is 0 Å². The van der Waals surface area contributed by atoms with E-state index in [2.05, 4.69) is 40.7 Å². The Hall–Kier alpha value is -1.67. The second-order valence-electron chi connectivity index (χ2n) is 7.17. The average Bonchev–Trinajstić information content (AvgIpc) is 2.53. The van der Waals surface area contributed by atoms with Gasteiger partial charge in [-0.15, -0.1) is 0 Å². The summed E-state index contributed by atoms with van der Waals surface area (Å²) in [5, 5.41) is 10.5. The van der Waals surface area contributed by atoms with Gasteiger partial charge in [-0.1, -0.05) is 52.8 Å². The lowest BCUT2D eigenvalue weighted by Gasteiger charge is -2.27. The van der Waals surface area contributed by atoms with E-state index in [1.165, 1.54) is 28.8 Å². The lowest BCUT2D eigenvalue weighted by Crippen LogP contribution is -2.10. The molecule has 1 unspecified atom stereocenters. The smallest absolute Gasteiger partial charge is 0.123 e. The van der Waals surface area contributed by atoms with Crippen LogP contribution >= 0.6 is 0 Å². The second-order valence-corrected chi connectivity index (χ2v) is 7.17. The molecule has 0 aromatic heterocycles. The van der Waals surface area contributed by atoms with Gasteiger partial charge in [-0.25, -0.2) is 4.39 Å². The van der Waals surface area contributed by atoms with Gasteiger partial charge >= 0.3 is 0 Å². The minimum Gasteiger partial charge on any atom is -0.389 e. The number of rotatable bonds is 5. The predicted molar refractivity (Wildman–Crippen MR) is 100 cm³/mol. The summed E-state index contributed by atoms with van der Waals surface area (Å²) >= 11 is 0. The van der Waals surface area contributed by atoms with E-state index in [1.807, 2.05) is 19.1 Å². The summed E-state index contributed by atoms with van der Waals surface area (Å²) in [5.74, 6) is 0.483. The Morgan fingerprint density at radius 1 is 0.917 bits per heavy atom. The Labute approximate surface area is 145 Å². The third kappa shape index (κ3) is 3.54. The highest BCUT2D eigenvalue weighted by Crippen LogP contribution is 2.41. The van der Waals surface area contributed by atoms with Crippen molar-refractivity contribution in [1.29, 1.82) is 0 Å². The molecule has 0 aliphatic rings. The van der Waals surface area contributed by atoms with Crippen LogP contribution in [0.3, 0.4) is 0 Å². The van der Waals surface area contributed by atoms with Crippen LogP contribution in [-0.4, -0.2) is 5.11 Å². The number of benzene rings is 2. The van der Waals surface area contributed by atoms with Gasteiger partial charge in [0.1, 0.15) is 5.82 Å². The normalized spacial score (nSPS) is 12.9. The molecular formula is C22H29FO. The van der Waals surface area contributed by atoms with Gasteiger partial charge < -0.3 is 5.11 Å². The summed E-state index contributed by atoms with van der Waals surface area (Å²) in [5.41, 5.74) is 6.82. The van der Waals surface area contributed by atoms with Crippen LogP contribution < -0.4 is 0 Å². The highest BCUT2D eigenvalue weighted by Gasteiger charge is 2.23. The summed E-state index contributed by atoms with van der Waals surface area (Å²) < 4.78 is 13.4. The molecule has 0 fully saturated rings. The summed E-state index contributed by atoms with van der Waals surface area (Å²) in [4.78, 5) is 0. The van der Waals surface area contributed by atoms with Crippen molar-refractivity contribution in [2.75, 3.05) is 0 Å². The number of hydrogen-bond donors (Lipinski definition) is 1. The van der Waals surface area contributed by atoms with E-state index in [0.29, 0.717) is 11.8 Å². The van der Waals surface area contributed by atoms with Gasteiger partial charge in [0.25, 0.3) is 0 Å². The molecule has 1 atom stereocenters. The van der Waals surface area contributed by atoms with Crippen LogP contribution in [0.25, 0.3) is 11.1 Å². The highest BCUT2D eigenvalue weighted by atomic mass is 19.1. The van der Waals surface area contributed by atoms with E-state index in [0.717, 1.165) is 23.1 Å². The lowest BCUT2D eigenvalue weighted by atomic mass is 9.79. The molecule has 0 aliphatic carbocycles. The highest BCUT2D eigenvalue weighted by molar-refractivity contribution is 5.75. The molecule has 0 saturated heterocycles. The average molecular weight is 328 g/mol. The van der Waals surface area contributed by atoms with Crippen molar-refractivity contribution in [3.05, 3.63) is 58.4 Å². The van der Waals surface area contributed by atoms with Gasteiger partial charge in [0.05, 0.1) is 6.10 Å². The summed E-state index contributed by atoms with van der Waals surface area (Å²) in [6.45, 7) is 12.7. The largest absolute Gasteiger partial charge is 0.389 e. The molecule has 1 nitrogen and oxygen atoms in total. The maximum Gasteiger partial charge on any atom is 0.123 e. The summed E-state index contributed by atoms with van der Waals surface area (Å²) in [6.07, 6.45) is 0.326. The van der Waals surface area contributed by atoms with Crippen molar-refractivity contribution >= 4 is 0 Å². The minimum atomic E-state index is -0.561. The first-order valence-electron chi connectivity index (χ1n) is 8.91. The maximum atomic E-state index is 13.4. The second kappa shape index (κ2) is 7.48. The van der Waals surface area contributed by atoms with Crippen LogP contribution in [0.15, 0.2) is 30.3 Å². The third-order valence-corrected chi connectivity index (χ3v) is 4.69. The van der Waals surface area contributed by atoms with Crippen molar-refractivity contribution in [1.82, 2.24) is 0 Å². The van der Waals surface area contributed by atoms with Crippen LogP contribution in [0.1, 0.15) is 81.7 Å². The van der Waals surface area contributed by atoms with E-state index in [4.69, 9.17) is 0 Å². The monoisotopic (exact) mass is 328 g/mol. The van der Waals surface area contributed by atoms with Crippen molar-refractivity contribution in [2.24, 2.45) is 0 Å². The van der Waals surface area contributed by atoms with Crippen LogP contribution in [0.4, 0.5) is 4.39 Å². The standard InChI is InChI=1S/C22H29FO/c1-7-18-19(13(2)3)12-20(14(4)5)21(15(6)24)22(18)16-8-10-17(23)11-9-16/h8-15,24H,7H2,1-6H3.